The number of anilines is 2. The first-order valence-corrected chi connectivity index (χ1v) is 6.97. The van der Waals surface area contributed by atoms with E-state index in [0.717, 1.165) is 17.9 Å². The SMILES string of the molecule is CCCNC(=O)CN(C)c1cc(N)cc(OC(C)C)c1. The van der Waals surface area contributed by atoms with Crippen molar-refractivity contribution in [1.29, 1.82) is 0 Å². The van der Waals surface area contributed by atoms with E-state index < -0.39 is 0 Å². The van der Waals surface area contributed by atoms with Gasteiger partial charge in [-0.1, -0.05) is 6.92 Å². The number of hydrogen-bond acceptors (Lipinski definition) is 4. The van der Waals surface area contributed by atoms with Gasteiger partial charge in [0, 0.05) is 37.1 Å². The van der Waals surface area contributed by atoms with Crippen LogP contribution in [0.25, 0.3) is 0 Å². The van der Waals surface area contributed by atoms with E-state index in [9.17, 15) is 4.79 Å². The second-order valence-corrected chi connectivity index (χ2v) is 5.13. The van der Waals surface area contributed by atoms with E-state index in [1.54, 1.807) is 6.07 Å². The van der Waals surface area contributed by atoms with Crippen molar-refractivity contribution >= 4 is 17.3 Å². The van der Waals surface area contributed by atoms with Gasteiger partial charge in [0.15, 0.2) is 0 Å². The molecule has 0 heterocycles. The highest BCUT2D eigenvalue weighted by molar-refractivity contribution is 5.81. The monoisotopic (exact) mass is 279 g/mol. The third kappa shape index (κ3) is 5.38. The molecule has 1 amide bonds. The highest BCUT2D eigenvalue weighted by Crippen LogP contribution is 2.25. The minimum Gasteiger partial charge on any atom is -0.491 e. The van der Waals surface area contributed by atoms with Crippen molar-refractivity contribution in [3.05, 3.63) is 18.2 Å². The fraction of sp³-hybridized carbons (Fsp3) is 0.533. The normalized spacial score (nSPS) is 10.4. The number of nitrogens with zero attached hydrogens (tertiary/aromatic N) is 1. The molecule has 112 valence electrons. The number of hydrogen-bond donors (Lipinski definition) is 2. The zero-order valence-electron chi connectivity index (χ0n) is 12.8. The van der Waals surface area contributed by atoms with Crippen LogP contribution in [0.2, 0.25) is 0 Å². The number of carbonyl (C=O) groups is 1. The summed E-state index contributed by atoms with van der Waals surface area (Å²) < 4.78 is 5.65. The molecule has 1 aromatic carbocycles. The second kappa shape index (κ2) is 7.62. The van der Waals surface area contributed by atoms with Crippen molar-refractivity contribution < 1.29 is 9.53 Å². The molecule has 5 nitrogen and oxygen atoms in total. The molecule has 0 unspecified atom stereocenters. The number of amides is 1. The molecule has 0 atom stereocenters. The summed E-state index contributed by atoms with van der Waals surface area (Å²) in [5.41, 5.74) is 7.37. The molecular weight excluding hydrogens is 254 g/mol. The number of likely N-dealkylation sites (N-methyl/N-ethyl adjacent to an activating group) is 1. The van der Waals surface area contributed by atoms with Crippen LogP contribution in [-0.2, 0) is 4.79 Å². The number of nitrogen functional groups attached to an aromatic ring is 1. The number of benzene rings is 1. The number of nitrogens with two attached hydrogens (primary N) is 1. The van der Waals surface area contributed by atoms with Crippen molar-refractivity contribution in [2.45, 2.75) is 33.3 Å². The summed E-state index contributed by atoms with van der Waals surface area (Å²) in [7, 11) is 1.86. The zero-order chi connectivity index (χ0) is 15.1. The topological polar surface area (TPSA) is 67.6 Å². The molecule has 1 rings (SSSR count). The fourth-order valence-corrected chi connectivity index (χ4v) is 1.79. The smallest absolute Gasteiger partial charge is 0.239 e. The minimum absolute atomic E-state index is 0.00287. The highest BCUT2D eigenvalue weighted by Gasteiger charge is 2.09. The van der Waals surface area contributed by atoms with E-state index in [0.29, 0.717) is 18.8 Å². The molecule has 0 radical (unpaired) electrons. The van der Waals surface area contributed by atoms with Crippen LogP contribution in [0.3, 0.4) is 0 Å². The summed E-state index contributed by atoms with van der Waals surface area (Å²) in [6, 6.07) is 5.51. The molecule has 0 fully saturated rings. The Morgan fingerprint density at radius 1 is 1.40 bits per heavy atom. The highest BCUT2D eigenvalue weighted by atomic mass is 16.5. The Labute approximate surface area is 121 Å². The van der Waals surface area contributed by atoms with Gasteiger partial charge in [-0.15, -0.1) is 0 Å². The molecule has 1 aromatic rings. The summed E-state index contributed by atoms with van der Waals surface area (Å²) in [6.07, 6.45) is 1.02. The lowest BCUT2D eigenvalue weighted by Crippen LogP contribution is -2.35. The lowest BCUT2D eigenvalue weighted by Gasteiger charge is -2.21. The quantitative estimate of drug-likeness (QED) is 0.749. The predicted octanol–water partition coefficient (Wildman–Crippen LogP) is 2.02. The van der Waals surface area contributed by atoms with Crippen molar-refractivity contribution in [1.82, 2.24) is 5.32 Å². The van der Waals surface area contributed by atoms with Gasteiger partial charge in [-0.3, -0.25) is 4.79 Å². The van der Waals surface area contributed by atoms with Gasteiger partial charge in [0.1, 0.15) is 5.75 Å². The third-order valence-corrected chi connectivity index (χ3v) is 2.68. The first kappa shape index (κ1) is 16.1. The van der Waals surface area contributed by atoms with Gasteiger partial charge in [-0.05, 0) is 26.3 Å². The zero-order valence-corrected chi connectivity index (χ0v) is 12.8. The van der Waals surface area contributed by atoms with E-state index in [1.807, 2.05) is 44.9 Å². The standard InChI is InChI=1S/C15H25N3O2/c1-5-6-17-15(19)10-18(4)13-7-12(16)8-14(9-13)20-11(2)3/h7-9,11H,5-6,10,16H2,1-4H3,(H,17,19). The average molecular weight is 279 g/mol. The maximum Gasteiger partial charge on any atom is 0.239 e. The molecule has 5 heteroatoms. The van der Waals surface area contributed by atoms with Gasteiger partial charge < -0.3 is 20.7 Å². The first-order chi connectivity index (χ1) is 9.42. The number of carbonyl (C=O) groups excluding carboxylic acids is 1. The van der Waals surface area contributed by atoms with Crippen LogP contribution in [0.15, 0.2) is 18.2 Å². The summed E-state index contributed by atoms with van der Waals surface area (Å²) in [5, 5.41) is 2.85. The van der Waals surface area contributed by atoms with E-state index in [2.05, 4.69) is 5.32 Å². The summed E-state index contributed by atoms with van der Waals surface area (Å²) in [4.78, 5) is 13.6. The number of nitrogens with one attached hydrogen (secondary N) is 1. The van der Waals surface area contributed by atoms with Gasteiger partial charge in [-0.25, -0.2) is 0 Å². The van der Waals surface area contributed by atoms with Crippen LogP contribution in [0, 0.1) is 0 Å². The molecule has 0 saturated heterocycles. The van der Waals surface area contributed by atoms with E-state index >= 15 is 0 Å². The Bertz CT molecular complexity index is 447. The van der Waals surface area contributed by atoms with Crippen LogP contribution < -0.4 is 20.7 Å². The Balaban J connectivity index is 2.74. The lowest BCUT2D eigenvalue weighted by molar-refractivity contribution is -0.119. The van der Waals surface area contributed by atoms with Crippen LogP contribution in [0.1, 0.15) is 27.2 Å². The third-order valence-electron chi connectivity index (χ3n) is 2.68. The lowest BCUT2D eigenvalue weighted by atomic mass is 10.2. The Morgan fingerprint density at radius 3 is 2.70 bits per heavy atom. The molecule has 0 aliphatic rings. The van der Waals surface area contributed by atoms with Gasteiger partial charge in [-0.2, -0.15) is 0 Å². The molecule has 0 aliphatic heterocycles. The van der Waals surface area contributed by atoms with E-state index in [-0.39, 0.29) is 12.0 Å². The summed E-state index contributed by atoms with van der Waals surface area (Å²) in [5.74, 6) is 0.721. The number of rotatable bonds is 7. The average Bonchev–Trinajstić information content (AvgIpc) is 2.34. The van der Waals surface area contributed by atoms with Crippen LogP contribution in [0.4, 0.5) is 11.4 Å². The van der Waals surface area contributed by atoms with E-state index in [1.165, 1.54) is 0 Å². The number of ether oxygens (including phenoxy) is 1. The predicted molar refractivity (Wildman–Crippen MR) is 83.2 cm³/mol. The van der Waals surface area contributed by atoms with E-state index in [4.69, 9.17) is 10.5 Å². The molecule has 0 aromatic heterocycles. The molecular formula is C15H25N3O2. The van der Waals surface area contributed by atoms with Crippen LogP contribution in [0.5, 0.6) is 5.75 Å². The second-order valence-electron chi connectivity index (χ2n) is 5.13. The van der Waals surface area contributed by atoms with Gasteiger partial charge in [0.2, 0.25) is 5.91 Å². The molecule has 0 spiro atoms. The molecule has 0 aliphatic carbocycles. The Morgan fingerprint density at radius 2 is 2.10 bits per heavy atom. The van der Waals surface area contributed by atoms with Crippen molar-refractivity contribution in [2.75, 3.05) is 30.8 Å². The molecule has 0 bridgehead atoms. The van der Waals surface area contributed by atoms with Gasteiger partial charge >= 0.3 is 0 Å². The summed E-state index contributed by atoms with van der Waals surface area (Å²) >= 11 is 0. The van der Waals surface area contributed by atoms with Crippen LogP contribution >= 0.6 is 0 Å². The van der Waals surface area contributed by atoms with Crippen molar-refractivity contribution in [2.24, 2.45) is 0 Å². The van der Waals surface area contributed by atoms with Crippen molar-refractivity contribution in [3.8, 4) is 5.75 Å². The molecule has 3 N–H and O–H groups in total. The van der Waals surface area contributed by atoms with Crippen LogP contribution in [-0.4, -0.2) is 32.1 Å². The Hall–Kier alpha value is -1.91. The summed E-state index contributed by atoms with van der Waals surface area (Å²) in [6.45, 7) is 6.95. The largest absolute Gasteiger partial charge is 0.491 e. The maximum absolute atomic E-state index is 11.7. The maximum atomic E-state index is 11.7. The molecule has 20 heavy (non-hydrogen) atoms. The minimum atomic E-state index is 0.00287. The van der Waals surface area contributed by atoms with Gasteiger partial charge in [0.25, 0.3) is 0 Å². The fourth-order valence-electron chi connectivity index (χ4n) is 1.79. The Kier molecular flexibility index (Phi) is 6.15. The first-order valence-electron chi connectivity index (χ1n) is 6.97. The van der Waals surface area contributed by atoms with Gasteiger partial charge in [0.05, 0.1) is 12.6 Å². The molecule has 0 saturated carbocycles. The van der Waals surface area contributed by atoms with Crippen molar-refractivity contribution in [3.63, 3.8) is 0 Å².